The molecule has 1 atom stereocenters. The molecule has 2 aromatic rings. The van der Waals surface area contributed by atoms with Crippen molar-refractivity contribution in [2.24, 2.45) is 7.05 Å². The molecule has 1 aromatic carbocycles. The fraction of sp³-hybridized carbons (Fsp3) is 0.385. The molecule has 0 bridgehead atoms. The Morgan fingerprint density at radius 2 is 2.16 bits per heavy atom. The Hall–Kier alpha value is -1.95. The lowest BCUT2D eigenvalue weighted by Crippen LogP contribution is -2.06. The first-order valence-corrected chi connectivity index (χ1v) is 5.94. The van der Waals surface area contributed by atoms with E-state index in [0.29, 0.717) is 17.1 Å². The number of hydrogen-bond acceptors (Lipinski definition) is 4. The summed E-state index contributed by atoms with van der Waals surface area (Å²) in [4.78, 5) is 0. The monoisotopic (exact) mass is 265 g/mol. The Bertz CT molecular complexity index is 581. The molecule has 0 aliphatic rings. The van der Waals surface area contributed by atoms with E-state index in [0.717, 1.165) is 5.82 Å². The van der Waals surface area contributed by atoms with E-state index in [4.69, 9.17) is 4.74 Å². The molecule has 1 heterocycles. The topological polar surface area (TPSA) is 60.2 Å². The van der Waals surface area contributed by atoms with Crippen molar-refractivity contribution in [1.29, 1.82) is 0 Å². The van der Waals surface area contributed by atoms with Crippen molar-refractivity contribution in [2.75, 3.05) is 0 Å². The SMILES string of the molecule is Cc1nnc(COc2ccc(F)cc2[C@@H](C)O)n1C. The molecule has 0 fully saturated rings. The van der Waals surface area contributed by atoms with E-state index in [1.807, 2.05) is 18.5 Å². The van der Waals surface area contributed by atoms with Gasteiger partial charge in [-0.25, -0.2) is 4.39 Å². The molecule has 0 aliphatic carbocycles. The number of nitrogens with zero attached hydrogens (tertiary/aromatic N) is 3. The highest BCUT2D eigenvalue weighted by Crippen LogP contribution is 2.26. The second-order valence-electron chi connectivity index (χ2n) is 4.37. The van der Waals surface area contributed by atoms with Gasteiger partial charge in [-0.2, -0.15) is 0 Å². The number of aliphatic hydroxyl groups is 1. The second-order valence-corrected chi connectivity index (χ2v) is 4.37. The van der Waals surface area contributed by atoms with Crippen molar-refractivity contribution in [3.8, 4) is 5.75 Å². The number of ether oxygens (including phenoxy) is 1. The first-order chi connectivity index (χ1) is 8.99. The van der Waals surface area contributed by atoms with Crippen LogP contribution in [-0.2, 0) is 13.7 Å². The lowest BCUT2D eigenvalue weighted by Gasteiger charge is -2.13. The van der Waals surface area contributed by atoms with Crippen LogP contribution in [0.5, 0.6) is 5.75 Å². The molecule has 0 saturated carbocycles. The van der Waals surface area contributed by atoms with Crippen molar-refractivity contribution >= 4 is 0 Å². The highest BCUT2D eigenvalue weighted by atomic mass is 19.1. The van der Waals surface area contributed by atoms with Crippen LogP contribution >= 0.6 is 0 Å². The molecule has 5 nitrogen and oxygen atoms in total. The van der Waals surface area contributed by atoms with Crippen LogP contribution in [0, 0.1) is 12.7 Å². The Morgan fingerprint density at radius 3 is 2.74 bits per heavy atom. The molecular formula is C13H16FN3O2. The summed E-state index contributed by atoms with van der Waals surface area (Å²) in [6, 6.07) is 4.06. The Balaban J connectivity index is 2.17. The van der Waals surface area contributed by atoms with Gasteiger partial charge in [0, 0.05) is 12.6 Å². The number of benzene rings is 1. The Labute approximate surface area is 110 Å². The average Bonchev–Trinajstić information content (AvgIpc) is 2.68. The van der Waals surface area contributed by atoms with E-state index in [9.17, 15) is 9.50 Å². The zero-order valence-corrected chi connectivity index (χ0v) is 11.1. The van der Waals surface area contributed by atoms with Crippen molar-refractivity contribution in [3.63, 3.8) is 0 Å². The summed E-state index contributed by atoms with van der Waals surface area (Å²) in [5, 5.41) is 17.5. The van der Waals surface area contributed by atoms with Gasteiger partial charge >= 0.3 is 0 Å². The fourth-order valence-electron chi connectivity index (χ4n) is 1.70. The standard InChI is InChI=1S/C13H16FN3O2/c1-8(18)11-6-10(14)4-5-12(11)19-7-13-16-15-9(2)17(13)3/h4-6,8,18H,7H2,1-3H3/t8-/m1/s1. The van der Waals surface area contributed by atoms with Gasteiger partial charge in [-0.3, -0.25) is 0 Å². The van der Waals surface area contributed by atoms with Crippen LogP contribution in [-0.4, -0.2) is 19.9 Å². The summed E-state index contributed by atoms with van der Waals surface area (Å²) in [7, 11) is 1.84. The van der Waals surface area contributed by atoms with Crippen LogP contribution in [0.1, 0.15) is 30.2 Å². The minimum Gasteiger partial charge on any atom is -0.485 e. The zero-order valence-electron chi connectivity index (χ0n) is 11.1. The van der Waals surface area contributed by atoms with Gasteiger partial charge in [-0.15, -0.1) is 10.2 Å². The van der Waals surface area contributed by atoms with E-state index in [1.165, 1.54) is 18.2 Å². The maximum Gasteiger partial charge on any atom is 0.170 e. The third-order valence-corrected chi connectivity index (χ3v) is 2.96. The second kappa shape index (κ2) is 5.36. The van der Waals surface area contributed by atoms with E-state index >= 15 is 0 Å². The molecular weight excluding hydrogens is 249 g/mol. The predicted molar refractivity (Wildman–Crippen MR) is 67.1 cm³/mol. The largest absolute Gasteiger partial charge is 0.485 e. The van der Waals surface area contributed by atoms with E-state index in [-0.39, 0.29) is 6.61 Å². The summed E-state index contributed by atoms with van der Waals surface area (Å²) < 4.78 is 20.5. The predicted octanol–water partition coefficient (Wildman–Crippen LogP) is 1.89. The minimum absolute atomic E-state index is 0.211. The van der Waals surface area contributed by atoms with Gasteiger partial charge in [0.05, 0.1) is 6.10 Å². The maximum atomic E-state index is 13.1. The lowest BCUT2D eigenvalue weighted by atomic mass is 10.1. The molecule has 0 spiro atoms. The molecule has 1 aromatic heterocycles. The van der Waals surface area contributed by atoms with Crippen molar-refractivity contribution < 1.29 is 14.2 Å². The van der Waals surface area contributed by atoms with E-state index in [1.54, 1.807) is 6.92 Å². The quantitative estimate of drug-likeness (QED) is 0.917. The molecule has 0 aliphatic heterocycles. The number of aliphatic hydroxyl groups excluding tert-OH is 1. The summed E-state index contributed by atoms with van der Waals surface area (Å²) in [5.41, 5.74) is 0.416. The summed E-state index contributed by atoms with van der Waals surface area (Å²) in [6.45, 7) is 3.62. The lowest BCUT2D eigenvalue weighted by molar-refractivity contribution is 0.188. The Morgan fingerprint density at radius 1 is 1.42 bits per heavy atom. The number of hydrogen-bond donors (Lipinski definition) is 1. The molecule has 2 rings (SSSR count). The summed E-state index contributed by atoms with van der Waals surface area (Å²) in [6.07, 6.45) is -0.799. The van der Waals surface area contributed by atoms with E-state index in [2.05, 4.69) is 10.2 Å². The number of halogens is 1. The molecule has 0 saturated heterocycles. The molecule has 19 heavy (non-hydrogen) atoms. The Kier molecular flexibility index (Phi) is 3.80. The number of rotatable bonds is 4. The normalized spacial score (nSPS) is 12.5. The molecule has 6 heteroatoms. The number of aromatic nitrogens is 3. The van der Waals surface area contributed by atoms with Gasteiger partial charge in [0.25, 0.3) is 0 Å². The highest BCUT2D eigenvalue weighted by molar-refractivity contribution is 5.35. The first-order valence-electron chi connectivity index (χ1n) is 5.94. The van der Waals surface area contributed by atoms with Gasteiger partial charge in [0.1, 0.15) is 24.0 Å². The van der Waals surface area contributed by atoms with Gasteiger partial charge in [0.2, 0.25) is 0 Å². The van der Waals surface area contributed by atoms with E-state index < -0.39 is 11.9 Å². The fourth-order valence-corrected chi connectivity index (χ4v) is 1.70. The van der Waals surface area contributed by atoms with Crippen LogP contribution in [0.15, 0.2) is 18.2 Å². The van der Waals surface area contributed by atoms with Gasteiger partial charge in [0.15, 0.2) is 5.82 Å². The van der Waals surface area contributed by atoms with Gasteiger partial charge in [-0.1, -0.05) is 0 Å². The van der Waals surface area contributed by atoms with Gasteiger partial charge in [-0.05, 0) is 32.0 Å². The highest BCUT2D eigenvalue weighted by Gasteiger charge is 2.12. The minimum atomic E-state index is -0.799. The molecule has 1 N–H and O–H groups in total. The van der Waals surface area contributed by atoms with Crippen LogP contribution in [0.2, 0.25) is 0 Å². The number of aryl methyl sites for hydroxylation is 1. The summed E-state index contributed by atoms with van der Waals surface area (Å²) in [5.74, 6) is 1.49. The zero-order chi connectivity index (χ0) is 14.0. The van der Waals surface area contributed by atoms with Crippen LogP contribution in [0.3, 0.4) is 0 Å². The maximum absolute atomic E-state index is 13.1. The molecule has 0 radical (unpaired) electrons. The van der Waals surface area contributed by atoms with Crippen LogP contribution < -0.4 is 4.74 Å². The average molecular weight is 265 g/mol. The van der Waals surface area contributed by atoms with Crippen molar-refractivity contribution in [2.45, 2.75) is 26.6 Å². The molecule has 0 unspecified atom stereocenters. The first kappa shape index (κ1) is 13.5. The smallest absolute Gasteiger partial charge is 0.170 e. The van der Waals surface area contributed by atoms with Gasteiger partial charge < -0.3 is 14.4 Å². The van der Waals surface area contributed by atoms with Crippen molar-refractivity contribution in [1.82, 2.24) is 14.8 Å². The summed E-state index contributed by atoms with van der Waals surface area (Å²) >= 11 is 0. The third-order valence-electron chi connectivity index (χ3n) is 2.96. The van der Waals surface area contributed by atoms with Crippen LogP contribution in [0.4, 0.5) is 4.39 Å². The van der Waals surface area contributed by atoms with Crippen molar-refractivity contribution in [3.05, 3.63) is 41.2 Å². The molecule has 0 amide bonds. The van der Waals surface area contributed by atoms with Crippen LogP contribution in [0.25, 0.3) is 0 Å². The third kappa shape index (κ3) is 2.90. The molecule has 102 valence electrons.